The molecule has 1 aromatic carbocycles. The fraction of sp³-hybridized carbons (Fsp3) is 0.462. The lowest BCUT2D eigenvalue weighted by molar-refractivity contribution is -0.153. The molecule has 0 atom stereocenters. The molecule has 0 saturated carbocycles. The molecule has 0 spiro atoms. The average molecular weight is 598 g/mol. The first-order chi connectivity index (χ1) is 19.1. The van der Waals surface area contributed by atoms with Gasteiger partial charge in [0.1, 0.15) is 17.8 Å². The molecule has 1 aliphatic heterocycles. The second kappa shape index (κ2) is 11.7. The number of benzene rings is 1. The van der Waals surface area contributed by atoms with Crippen LogP contribution in [0.3, 0.4) is 0 Å². The molecule has 3 N–H and O–H groups in total. The van der Waals surface area contributed by atoms with Gasteiger partial charge in [0.2, 0.25) is 17.8 Å². The summed E-state index contributed by atoms with van der Waals surface area (Å²) in [6, 6.07) is 4.37. The first kappa shape index (κ1) is 30.3. The predicted octanol–water partition coefficient (Wildman–Crippen LogP) is 5.14. The molecular weight excluding hydrogens is 566 g/mol. The van der Waals surface area contributed by atoms with E-state index in [1.807, 2.05) is 32.8 Å². The van der Waals surface area contributed by atoms with Gasteiger partial charge in [-0.05, 0) is 49.7 Å². The van der Waals surface area contributed by atoms with Gasteiger partial charge in [-0.1, -0.05) is 25.4 Å². The lowest BCUT2D eigenvalue weighted by atomic mass is 9.77. The van der Waals surface area contributed by atoms with Gasteiger partial charge in [0.05, 0.1) is 10.7 Å². The lowest BCUT2D eigenvalue weighted by Gasteiger charge is -2.39. The average Bonchev–Trinajstić information content (AvgIpc) is 2.87. The monoisotopic (exact) mass is 597 g/mol. The van der Waals surface area contributed by atoms with Gasteiger partial charge in [-0.2, -0.15) is 23.1 Å². The zero-order valence-electron chi connectivity index (χ0n) is 23.4. The number of anilines is 6. The number of aromatic nitrogens is 4. The highest BCUT2D eigenvalue weighted by atomic mass is 35.5. The van der Waals surface area contributed by atoms with Crippen LogP contribution in [0.5, 0.6) is 5.88 Å². The van der Waals surface area contributed by atoms with Crippen LogP contribution < -0.4 is 25.6 Å². The van der Waals surface area contributed by atoms with Crippen LogP contribution in [0.15, 0.2) is 24.5 Å². The molecule has 1 aliphatic rings. The van der Waals surface area contributed by atoms with Crippen LogP contribution in [0.25, 0.3) is 0 Å². The minimum atomic E-state index is -4.59. The molecule has 15 heteroatoms. The molecule has 0 aliphatic carbocycles. The van der Waals surface area contributed by atoms with Crippen molar-refractivity contribution in [2.75, 3.05) is 68.2 Å². The summed E-state index contributed by atoms with van der Waals surface area (Å²) in [6.07, 6.45) is -2.66. The van der Waals surface area contributed by atoms with E-state index in [1.54, 1.807) is 16.8 Å². The molecule has 3 aromatic rings. The Morgan fingerprint density at radius 1 is 1.12 bits per heavy atom. The van der Waals surface area contributed by atoms with Crippen molar-refractivity contribution in [1.29, 1.82) is 0 Å². The number of ether oxygens (including phenoxy) is 1. The second-order valence-electron chi connectivity index (χ2n) is 10.7. The van der Waals surface area contributed by atoms with Gasteiger partial charge >= 0.3 is 6.18 Å². The van der Waals surface area contributed by atoms with Crippen molar-refractivity contribution in [3.8, 4) is 5.88 Å². The first-order valence-electron chi connectivity index (χ1n) is 12.7. The van der Waals surface area contributed by atoms with E-state index >= 15 is 0 Å². The van der Waals surface area contributed by atoms with E-state index in [4.69, 9.17) is 22.1 Å². The lowest BCUT2D eigenvalue weighted by Crippen LogP contribution is -2.35. The Hall–Kier alpha value is -3.65. The Kier molecular flexibility index (Phi) is 8.64. The third kappa shape index (κ3) is 7.17. The highest BCUT2D eigenvalue weighted by molar-refractivity contribution is 6.31. The summed E-state index contributed by atoms with van der Waals surface area (Å²) in [6.45, 7) is 4.16. The van der Waals surface area contributed by atoms with Gasteiger partial charge in [0.15, 0.2) is 12.4 Å². The van der Waals surface area contributed by atoms with Gasteiger partial charge in [0, 0.05) is 32.4 Å². The van der Waals surface area contributed by atoms with Crippen LogP contribution in [-0.2, 0) is 5.41 Å². The second-order valence-corrected chi connectivity index (χ2v) is 11.1. The van der Waals surface area contributed by atoms with Crippen LogP contribution >= 0.6 is 11.6 Å². The van der Waals surface area contributed by atoms with Gasteiger partial charge in [-0.25, -0.2) is 14.4 Å². The fourth-order valence-corrected chi connectivity index (χ4v) is 4.53. The molecule has 4 rings (SSSR count). The van der Waals surface area contributed by atoms with Crippen molar-refractivity contribution in [2.24, 2.45) is 0 Å². The summed E-state index contributed by atoms with van der Waals surface area (Å²) in [5.74, 6) is -0.326. The van der Waals surface area contributed by atoms with Crippen LogP contribution in [0.4, 0.5) is 52.3 Å². The normalized spacial score (nSPS) is 14.7. The maximum Gasteiger partial charge on any atom is 0.422 e. The van der Waals surface area contributed by atoms with E-state index in [0.29, 0.717) is 31.7 Å². The van der Waals surface area contributed by atoms with Gasteiger partial charge in [-0.15, -0.1) is 0 Å². The maximum absolute atomic E-state index is 14.3. The van der Waals surface area contributed by atoms with Crippen molar-refractivity contribution in [1.82, 2.24) is 24.8 Å². The number of nitrogens with one attached hydrogen (secondary N) is 1. The molecule has 41 heavy (non-hydrogen) atoms. The van der Waals surface area contributed by atoms with E-state index in [-0.39, 0.29) is 45.4 Å². The van der Waals surface area contributed by atoms with Crippen molar-refractivity contribution < 1.29 is 22.3 Å². The zero-order chi connectivity index (χ0) is 30.1. The number of hydrogen-bond donors (Lipinski definition) is 2. The Balaban J connectivity index is 1.68. The van der Waals surface area contributed by atoms with Gasteiger partial charge in [-0.3, -0.25) is 0 Å². The predicted molar refractivity (Wildman–Crippen MR) is 151 cm³/mol. The van der Waals surface area contributed by atoms with E-state index in [0.717, 1.165) is 5.56 Å². The smallest absolute Gasteiger partial charge is 0.422 e. The van der Waals surface area contributed by atoms with Crippen molar-refractivity contribution >= 4 is 46.4 Å². The van der Waals surface area contributed by atoms with Crippen molar-refractivity contribution in [3.05, 3.63) is 40.9 Å². The van der Waals surface area contributed by atoms with Gasteiger partial charge < -0.3 is 30.5 Å². The maximum atomic E-state index is 14.3. The van der Waals surface area contributed by atoms with Gasteiger partial charge in [0.25, 0.3) is 0 Å². The van der Waals surface area contributed by atoms with Crippen LogP contribution in [0.2, 0.25) is 5.02 Å². The molecule has 0 radical (unpaired) electrons. The first-order valence-corrected chi connectivity index (χ1v) is 13.1. The van der Waals surface area contributed by atoms with E-state index in [1.165, 1.54) is 24.5 Å². The molecule has 222 valence electrons. The molecule has 0 unspecified atom stereocenters. The summed E-state index contributed by atoms with van der Waals surface area (Å²) in [5.41, 5.74) is 7.57. The van der Waals surface area contributed by atoms with E-state index in [2.05, 4.69) is 25.3 Å². The standard InChI is InChI=1S/C26H32ClF4N9O/c1-25(2)6-7-40(20-11-16(27)17(28)10-15(20)25)24-34-14-33-23(37-24)35-19-12-18(32)21(39(5)9-8-38(3)4)36-22(19)41-13-26(29,30)31/h10-12,14H,6-9,13,32H2,1-5H3,(H,33,34,35,37). The zero-order valence-corrected chi connectivity index (χ0v) is 24.1. The summed E-state index contributed by atoms with van der Waals surface area (Å²) in [5, 5.41) is 2.83. The molecule has 2 aromatic heterocycles. The highest BCUT2D eigenvalue weighted by Crippen LogP contribution is 2.44. The fourth-order valence-electron chi connectivity index (χ4n) is 4.37. The summed E-state index contributed by atoms with van der Waals surface area (Å²) in [7, 11) is 5.53. The third-order valence-electron chi connectivity index (χ3n) is 6.68. The molecule has 0 fully saturated rings. The third-order valence-corrected chi connectivity index (χ3v) is 6.97. The summed E-state index contributed by atoms with van der Waals surface area (Å²) >= 11 is 6.11. The summed E-state index contributed by atoms with van der Waals surface area (Å²) in [4.78, 5) is 22.6. The topological polar surface area (TPSA) is 109 Å². The molecule has 0 bridgehead atoms. The van der Waals surface area contributed by atoms with E-state index < -0.39 is 18.6 Å². The number of likely N-dealkylation sites (N-methyl/N-ethyl adjacent to an activating group) is 2. The molecule has 0 amide bonds. The Bertz CT molecular complexity index is 1400. The summed E-state index contributed by atoms with van der Waals surface area (Å²) < 4.78 is 58.6. The minimum absolute atomic E-state index is 0.0152. The quantitative estimate of drug-likeness (QED) is 0.322. The minimum Gasteiger partial charge on any atom is -0.466 e. The van der Waals surface area contributed by atoms with Crippen LogP contribution in [0.1, 0.15) is 25.8 Å². The number of nitrogen functional groups attached to an aromatic ring is 1. The number of halogens is 5. The molecule has 0 saturated heterocycles. The highest BCUT2D eigenvalue weighted by Gasteiger charge is 2.34. The SMILES string of the molecule is CN(C)CCN(C)c1nc(OCC(F)(F)F)c(Nc2ncnc(N3CCC(C)(C)c4cc(F)c(Cl)cc43)n2)cc1N. The van der Waals surface area contributed by atoms with Crippen LogP contribution in [-0.4, -0.2) is 78.4 Å². The number of fused-ring (bicyclic) bond motifs is 1. The number of hydrogen-bond acceptors (Lipinski definition) is 10. The number of rotatable bonds is 9. The molecular formula is C26H32ClF4N9O. The number of nitrogens with zero attached hydrogens (tertiary/aromatic N) is 7. The van der Waals surface area contributed by atoms with Crippen molar-refractivity contribution in [3.63, 3.8) is 0 Å². The Labute approximate surface area is 240 Å². The number of nitrogens with two attached hydrogens (primary N) is 1. The van der Waals surface area contributed by atoms with Crippen LogP contribution in [0, 0.1) is 5.82 Å². The Morgan fingerprint density at radius 3 is 2.54 bits per heavy atom. The Morgan fingerprint density at radius 2 is 1.85 bits per heavy atom. The number of alkyl halides is 3. The molecule has 10 nitrogen and oxygen atoms in total. The number of pyridine rings is 1. The van der Waals surface area contributed by atoms with Crippen molar-refractivity contribution in [2.45, 2.75) is 31.9 Å². The largest absolute Gasteiger partial charge is 0.466 e. The molecule has 3 heterocycles. The van der Waals surface area contributed by atoms with E-state index in [9.17, 15) is 17.6 Å².